The van der Waals surface area contributed by atoms with E-state index in [0.717, 1.165) is 16.7 Å². The topological polar surface area (TPSA) is 76.5 Å². The number of carbonyl (C=O) groups is 1. The van der Waals surface area contributed by atoms with Crippen LogP contribution in [0, 0.1) is 6.92 Å². The van der Waals surface area contributed by atoms with Gasteiger partial charge in [0.2, 0.25) is 0 Å². The van der Waals surface area contributed by atoms with Crippen LogP contribution in [0.15, 0.2) is 35.1 Å². The van der Waals surface area contributed by atoms with Crippen LogP contribution in [0.5, 0.6) is 0 Å². The maximum atomic E-state index is 11.0. The number of rotatable bonds is 2. The van der Waals surface area contributed by atoms with Crippen molar-refractivity contribution in [3.63, 3.8) is 0 Å². The zero-order valence-corrected chi connectivity index (χ0v) is 8.73. The minimum atomic E-state index is -1.02. The van der Waals surface area contributed by atoms with E-state index in [-0.39, 0.29) is 5.56 Å². The molecule has 0 atom stereocenters. The standard InChI is InChI=1S/C12H11NO3/c1-7-4-9(8-2-3-16-6-8)5-10(11(7)13)12(14)15/h2-6H,13H2,1H3,(H,14,15). The van der Waals surface area contributed by atoms with Crippen LogP contribution < -0.4 is 5.73 Å². The Morgan fingerprint density at radius 2 is 2.12 bits per heavy atom. The number of carboxylic acids is 1. The van der Waals surface area contributed by atoms with Crippen LogP contribution in [-0.2, 0) is 0 Å². The van der Waals surface area contributed by atoms with Gasteiger partial charge in [0.25, 0.3) is 0 Å². The molecule has 1 aromatic heterocycles. The number of anilines is 1. The Morgan fingerprint density at radius 3 is 2.69 bits per heavy atom. The summed E-state index contributed by atoms with van der Waals surface area (Å²) in [6.45, 7) is 1.78. The molecule has 0 aliphatic carbocycles. The Balaban J connectivity index is 2.62. The fourth-order valence-electron chi connectivity index (χ4n) is 1.57. The molecular weight excluding hydrogens is 206 g/mol. The number of hydrogen-bond donors (Lipinski definition) is 2. The Bertz CT molecular complexity index is 529. The number of carboxylic acid groups (broad SMARTS) is 1. The van der Waals surface area contributed by atoms with Crippen molar-refractivity contribution in [2.24, 2.45) is 0 Å². The molecule has 4 heteroatoms. The van der Waals surface area contributed by atoms with E-state index in [0.29, 0.717) is 5.69 Å². The summed E-state index contributed by atoms with van der Waals surface area (Å²) in [6.07, 6.45) is 3.11. The molecule has 0 radical (unpaired) electrons. The van der Waals surface area contributed by atoms with Crippen LogP contribution >= 0.6 is 0 Å². The number of nitrogens with two attached hydrogens (primary N) is 1. The van der Waals surface area contributed by atoms with Crippen molar-refractivity contribution in [3.8, 4) is 11.1 Å². The fourth-order valence-corrected chi connectivity index (χ4v) is 1.57. The summed E-state index contributed by atoms with van der Waals surface area (Å²) in [5.41, 5.74) is 8.50. The van der Waals surface area contributed by atoms with Crippen molar-refractivity contribution < 1.29 is 14.3 Å². The molecule has 0 bridgehead atoms. The third kappa shape index (κ3) is 1.65. The minimum Gasteiger partial charge on any atom is -0.478 e. The first-order valence-electron chi connectivity index (χ1n) is 4.75. The molecule has 0 saturated heterocycles. The lowest BCUT2D eigenvalue weighted by Gasteiger charge is -2.07. The van der Waals surface area contributed by atoms with Gasteiger partial charge in [-0.2, -0.15) is 0 Å². The highest BCUT2D eigenvalue weighted by Crippen LogP contribution is 2.27. The predicted molar refractivity (Wildman–Crippen MR) is 60.3 cm³/mol. The molecule has 0 spiro atoms. The van der Waals surface area contributed by atoms with Crippen molar-refractivity contribution >= 4 is 11.7 Å². The third-order valence-corrected chi connectivity index (χ3v) is 2.47. The predicted octanol–water partition coefficient (Wildman–Crippen LogP) is 2.54. The number of nitrogen functional groups attached to an aromatic ring is 1. The molecule has 4 nitrogen and oxygen atoms in total. The van der Waals surface area contributed by atoms with E-state index < -0.39 is 5.97 Å². The van der Waals surface area contributed by atoms with Gasteiger partial charge in [0.05, 0.1) is 18.1 Å². The highest BCUT2D eigenvalue weighted by atomic mass is 16.4. The minimum absolute atomic E-state index is 0.121. The molecular formula is C12H11NO3. The van der Waals surface area contributed by atoms with Crippen LogP contribution in [0.1, 0.15) is 15.9 Å². The van der Waals surface area contributed by atoms with Crippen molar-refractivity contribution in [1.82, 2.24) is 0 Å². The van der Waals surface area contributed by atoms with Gasteiger partial charge in [-0.3, -0.25) is 0 Å². The van der Waals surface area contributed by atoms with Crippen LogP contribution in [-0.4, -0.2) is 11.1 Å². The molecule has 3 N–H and O–H groups in total. The zero-order valence-electron chi connectivity index (χ0n) is 8.73. The Kier molecular flexibility index (Phi) is 2.40. The lowest BCUT2D eigenvalue weighted by Crippen LogP contribution is -2.04. The molecule has 1 aromatic carbocycles. The quantitative estimate of drug-likeness (QED) is 0.758. The fraction of sp³-hybridized carbons (Fsp3) is 0.0833. The Hall–Kier alpha value is -2.23. The van der Waals surface area contributed by atoms with Gasteiger partial charge in [-0.1, -0.05) is 0 Å². The summed E-state index contributed by atoms with van der Waals surface area (Å²) < 4.78 is 4.96. The third-order valence-electron chi connectivity index (χ3n) is 2.47. The van der Waals surface area contributed by atoms with Gasteiger partial charge in [0.1, 0.15) is 0 Å². The number of furan rings is 1. The van der Waals surface area contributed by atoms with Crippen molar-refractivity contribution in [1.29, 1.82) is 0 Å². The summed E-state index contributed by atoms with van der Waals surface area (Å²) in [7, 11) is 0. The van der Waals surface area contributed by atoms with Gasteiger partial charge in [0, 0.05) is 11.3 Å². The number of hydrogen-bond acceptors (Lipinski definition) is 3. The molecule has 82 valence electrons. The average molecular weight is 217 g/mol. The van der Waals surface area contributed by atoms with Crippen LogP contribution in [0.2, 0.25) is 0 Å². The van der Waals surface area contributed by atoms with Crippen molar-refractivity contribution in [3.05, 3.63) is 41.9 Å². The molecule has 0 unspecified atom stereocenters. The first-order valence-corrected chi connectivity index (χ1v) is 4.75. The van der Waals surface area contributed by atoms with E-state index >= 15 is 0 Å². The van der Waals surface area contributed by atoms with E-state index in [2.05, 4.69) is 0 Å². The van der Waals surface area contributed by atoms with E-state index in [9.17, 15) is 4.79 Å². The highest BCUT2D eigenvalue weighted by Gasteiger charge is 2.12. The van der Waals surface area contributed by atoms with Gasteiger partial charge in [0.15, 0.2) is 0 Å². The van der Waals surface area contributed by atoms with Crippen LogP contribution in [0.25, 0.3) is 11.1 Å². The molecule has 0 fully saturated rings. The summed E-state index contributed by atoms with van der Waals surface area (Å²) in [5.74, 6) is -1.02. The van der Waals surface area contributed by atoms with E-state index in [4.69, 9.17) is 15.3 Å². The molecule has 2 aromatic rings. The normalized spacial score (nSPS) is 10.3. The molecule has 0 aliphatic rings. The van der Waals surface area contributed by atoms with Crippen LogP contribution in [0.3, 0.4) is 0 Å². The summed E-state index contributed by atoms with van der Waals surface area (Å²) in [6, 6.07) is 5.17. The van der Waals surface area contributed by atoms with Crippen molar-refractivity contribution in [2.75, 3.05) is 5.73 Å². The highest BCUT2D eigenvalue weighted by molar-refractivity contribution is 5.96. The van der Waals surface area contributed by atoms with Gasteiger partial charge in [-0.15, -0.1) is 0 Å². The Labute approximate surface area is 92.3 Å². The number of aryl methyl sites for hydroxylation is 1. The smallest absolute Gasteiger partial charge is 0.337 e. The SMILES string of the molecule is Cc1cc(-c2ccoc2)cc(C(=O)O)c1N. The number of aromatic carboxylic acids is 1. The van der Waals surface area contributed by atoms with Crippen molar-refractivity contribution in [2.45, 2.75) is 6.92 Å². The second kappa shape index (κ2) is 3.73. The van der Waals surface area contributed by atoms with Gasteiger partial charge < -0.3 is 15.3 Å². The monoisotopic (exact) mass is 217 g/mol. The van der Waals surface area contributed by atoms with E-state index in [1.165, 1.54) is 0 Å². The largest absolute Gasteiger partial charge is 0.478 e. The maximum absolute atomic E-state index is 11.0. The molecule has 0 saturated carbocycles. The molecule has 16 heavy (non-hydrogen) atoms. The van der Waals surface area contributed by atoms with Gasteiger partial charge >= 0.3 is 5.97 Å². The molecule has 0 amide bonds. The first kappa shape index (κ1) is 10.3. The molecule has 2 rings (SSSR count). The van der Waals surface area contributed by atoms with Gasteiger partial charge in [-0.05, 0) is 36.2 Å². The summed E-state index contributed by atoms with van der Waals surface area (Å²) >= 11 is 0. The summed E-state index contributed by atoms with van der Waals surface area (Å²) in [5, 5.41) is 9.01. The average Bonchev–Trinajstić information content (AvgIpc) is 2.74. The van der Waals surface area contributed by atoms with Crippen LogP contribution in [0.4, 0.5) is 5.69 Å². The first-order chi connectivity index (χ1) is 7.59. The van der Waals surface area contributed by atoms with E-state index in [1.54, 1.807) is 31.6 Å². The van der Waals surface area contributed by atoms with E-state index in [1.807, 2.05) is 6.07 Å². The summed E-state index contributed by atoms with van der Waals surface area (Å²) in [4.78, 5) is 11.0. The molecule has 0 aliphatic heterocycles. The van der Waals surface area contributed by atoms with Gasteiger partial charge in [-0.25, -0.2) is 4.79 Å². The number of benzene rings is 1. The second-order valence-electron chi connectivity index (χ2n) is 3.57. The Morgan fingerprint density at radius 1 is 1.38 bits per heavy atom. The molecule has 1 heterocycles. The zero-order chi connectivity index (χ0) is 11.7. The second-order valence-corrected chi connectivity index (χ2v) is 3.57. The maximum Gasteiger partial charge on any atom is 0.337 e. The lowest BCUT2D eigenvalue weighted by molar-refractivity contribution is 0.0698. The lowest BCUT2D eigenvalue weighted by atomic mass is 10.0.